The molecule has 3 aromatic rings. The molecule has 0 saturated carbocycles. The molecule has 0 atom stereocenters. The van der Waals surface area contributed by atoms with Crippen LogP contribution in [-0.4, -0.2) is 16.0 Å². The topological polar surface area (TPSA) is 47.0 Å². The second-order valence-electron chi connectivity index (χ2n) is 5.10. The molecule has 0 fully saturated rings. The third-order valence-corrected chi connectivity index (χ3v) is 4.07. The van der Waals surface area contributed by atoms with Crippen LogP contribution in [0.1, 0.15) is 18.1 Å². The van der Waals surface area contributed by atoms with Crippen LogP contribution >= 0.6 is 11.5 Å². The summed E-state index contributed by atoms with van der Waals surface area (Å²) in [5, 5.41) is 4.16. The zero-order valence-corrected chi connectivity index (χ0v) is 13.8. The van der Waals surface area contributed by atoms with Crippen LogP contribution in [-0.2, 0) is 17.9 Å². The highest BCUT2D eigenvalue weighted by Crippen LogP contribution is 2.21. The summed E-state index contributed by atoms with van der Waals surface area (Å²) in [7, 11) is 0. The summed E-state index contributed by atoms with van der Waals surface area (Å²) in [4.78, 5) is 4.53. The standard InChI is InChI=1S/C18H19N3OS/c1-2-22-13-15-10-8-14(9-11-15)12-19-18-20-17(21-23-18)16-6-4-3-5-7-16/h3-11H,2,12-13H2,1H3,(H,19,20,21). The van der Waals surface area contributed by atoms with Crippen LogP contribution in [0, 0.1) is 0 Å². The van der Waals surface area contributed by atoms with E-state index in [0.29, 0.717) is 6.61 Å². The summed E-state index contributed by atoms with van der Waals surface area (Å²) in [6, 6.07) is 18.4. The Labute approximate surface area is 140 Å². The third-order valence-electron chi connectivity index (χ3n) is 3.40. The second-order valence-corrected chi connectivity index (χ2v) is 5.85. The second kappa shape index (κ2) is 7.85. The van der Waals surface area contributed by atoms with Gasteiger partial charge in [-0.3, -0.25) is 0 Å². The Kier molecular flexibility index (Phi) is 5.34. The van der Waals surface area contributed by atoms with Crippen LogP contribution in [0.2, 0.25) is 0 Å². The number of hydrogen-bond acceptors (Lipinski definition) is 5. The molecule has 0 aliphatic rings. The van der Waals surface area contributed by atoms with Crippen molar-refractivity contribution < 1.29 is 4.74 Å². The molecule has 0 spiro atoms. The van der Waals surface area contributed by atoms with Gasteiger partial charge in [-0.25, -0.2) is 0 Å². The van der Waals surface area contributed by atoms with E-state index in [2.05, 4.69) is 38.9 Å². The Hall–Kier alpha value is -2.24. The van der Waals surface area contributed by atoms with Crippen LogP contribution in [0.3, 0.4) is 0 Å². The molecule has 3 rings (SSSR count). The summed E-state index contributed by atoms with van der Waals surface area (Å²) in [6.07, 6.45) is 0. The van der Waals surface area contributed by atoms with Gasteiger partial charge in [0.2, 0.25) is 5.13 Å². The molecule has 4 nitrogen and oxygen atoms in total. The number of anilines is 1. The average molecular weight is 325 g/mol. The lowest BCUT2D eigenvalue weighted by Gasteiger charge is -2.05. The molecule has 0 amide bonds. The molecule has 118 valence electrons. The summed E-state index contributed by atoms with van der Waals surface area (Å²) in [6.45, 7) is 4.15. The number of nitrogens with zero attached hydrogens (tertiary/aromatic N) is 2. The summed E-state index contributed by atoms with van der Waals surface area (Å²) in [5.74, 6) is 0.769. The minimum Gasteiger partial charge on any atom is -0.377 e. The molecule has 0 unspecified atom stereocenters. The van der Waals surface area contributed by atoms with E-state index in [1.165, 1.54) is 22.7 Å². The van der Waals surface area contributed by atoms with E-state index < -0.39 is 0 Å². The first-order valence-electron chi connectivity index (χ1n) is 7.63. The molecule has 0 aliphatic carbocycles. The van der Waals surface area contributed by atoms with Gasteiger partial charge in [-0.05, 0) is 18.1 Å². The van der Waals surface area contributed by atoms with Crippen molar-refractivity contribution in [2.45, 2.75) is 20.1 Å². The Morgan fingerprint density at radius 3 is 2.48 bits per heavy atom. The zero-order valence-electron chi connectivity index (χ0n) is 13.0. The van der Waals surface area contributed by atoms with Gasteiger partial charge in [-0.15, -0.1) is 0 Å². The molecule has 0 saturated heterocycles. The van der Waals surface area contributed by atoms with Crippen LogP contribution < -0.4 is 5.32 Å². The predicted octanol–water partition coefficient (Wildman–Crippen LogP) is 4.35. The fourth-order valence-corrected chi connectivity index (χ4v) is 2.73. The van der Waals surface area contributed by atoms with E-state index in [4.69, 9.17) is 4.74 Å². The first-order valence-corrected chi connectivity index (χ1v) is 8.41. The molecule has 0 radical (unpaired) electrons. The molecular formula is C18H19N3OS. The lowest BCUT2D eigenvalue weighted by Crippen LogP contribution is -1.99. The van der Waals surface area contributed by atoms with Gasteiger partial charge in [-0.2, -0.15) is 9.36 Å². The fourth-order valence-electron chi connectivity index (χ4n) is 2.15. The van der Waals surface area contributed by atoms with Gasteiger partial charge >= 0.3 is 0 Å². The third kappa shape index (κ3) is 4.37. The largest absolute Gasteiger partial charge is 0.377 e. The van der Waals surface area contributed by atoms with Crippen molar-refractivity contribution in [2.75, 3.05) is 11.9 Å². The van der Waals surface area contributed by atoms with Crippen molar-refractivity contribution >= 4 is 16.7 Å². The lowest BCUT2D eigenvalue weighted by atomic mass is 10.1. The maximum absolute atomic E-state index is 5.40. The van der Waals surface area contributed by atoms with Crippen LogP contribution in [0.15, 0.2) is 54.6 Å². The maximum atomic E-state index is 5.40. The lowest BCUT2D eigenvalue weighted by molar-refractivity contribution is 0.134. The van der Waals surface area contributed by atoms with Crippen molar-refractivity contribution in [3.8, 4) is 11.4 Å². The average Bonchev–Trinajstić information content (AvgIpc) is 3.09. The van der Waals surface area contributed by atoms with Crippen LogP contribution in [0.25, 0.3) is 11.4 Å². The summed E-state index contributed by atoms with van der Waals surface area (Å²) >= 11 is 1.39. The maximum Gasteiger partial charge on any atom is 0.203 e. The molecule has 5 heteroatoms. The number of rotatable bonds is 7. The van der Waals surface area contributed by atoms with Gasteiger partial charge in [0.1, 0.15) is 0 Å². The van der Waals surface area contributed by atoms with Crippen molar-refractivity contribution in [1.82, 2.24) is 9.36 Å². The molecule has 1 heterocycles. The number of ether oxygens (including phenoxy) is 1. The van der Waals surface area contributed by atoms with Crippen LogP contribution in [0.5, 0.6) is 0 Å². The van der Waals surface area contributed by atoms with Gasteiger partial charge in [0.25, 0.3) is 0 Å². The smallest absolute Gasteiger partial charge is 0.203 e. The van der Waals surface area contributed by atoms with Gasteiger partial charge < -0.3 is 10.1 Å². The van der Waals surface area contributed by atoms with E-state index in [-0.39, 0.29) is 0 Å². The predicted molar refractivity (Wildman–Crippen MR) is 94.4 cm³/mol. The Balaban J connectivity index is 1.57. The van der Waals surface area contributed by atoms with Gasteiger partial charge in [0, 0.05) is 30.2 Å². The number of nitrogens with one attached hydrogen (secondary N) is 1. The van der Waals surface area contributed by atoms with E-state index >= 15 is 0 Å². The Morgan fingerprint density at radius 2 is 1.74 bits per heavy atom. The Bertz CT molecular complexity index is 726. The normalized spacial score (nSPS) is 10.7. The molecule has 2 aromatic carbocycles. The number of benzene rings is 2. The fraction of sp³-hybridized carbons (Fsp3) is 0.222. The highest BCUT2D eigenvalue weighted by atomic mass is 32.1. The first kappa shape index (κ1) is 15.6. The quantitative estimate of drug-likeness (QED) is 0.701. The van der Waals surface area contributed by atoms with E-state index in [1.54, 1.807) is 0 Å². The van der Waals surface area contributed by atoms with Crippen molar-refractivity contribution in [3.63, 3.8) is 0 Å². The van der Waals surface area contributed by atoms with Crippen LogP contribution in [0.4, 0.5) is 5.13 Å². The van der Waals surface area contributed by atoms with E-state index in [9.17, 15) is 0 Å². The first-order chi connectivity index (χ1) is 11.3. The minimum atomic E-state index is 0.668. The molecule has 23 heavy (non-hydrogen) atoms. The van der Waals surface area contributed by atoms with E-state index in [0.717, 1.165) is 29.7 Å². The monoisotopic (exact) mass is 325 g/mol. The SMILES string of the molecule is CCOCc1ccc(CNc2nc(-c3ccccc3)ns2)cc1. The highest BCUT2D eigenvalue weighted by molar-refractivity contribution is 7.09. The molecular weight excluding hydrogens is 306 g/mol. The van der Waals surface area contributed by atoms with E-state index in [1.807, 2.05) is 37.3 Å². The van der Waals surface area contributed by atoms with Crippen molar-refractivity contribution in [1.29, 1.82) is 0 Å². The molecule has 1 aromatic heterocycles. The summed E-state index contributed by atoms with van der Waals surface area (Å²) in [5.41, 5.74) is 3.44. The van der Waals surface area contributed by atoms with Gasteiger partial charge in [0.15, 0.2) is 5.82 Å². The van der Waals surface area contributed by atoms with Gasteiger partial charge in [0.05, 0.1) is 6.61 Å². The Morgan fingerprint density at radius 1 is 1.00 bits per heavy atom. The molecule has 0 bridgehead atoms. The summed E-state index contributed by atoms with van der Waals surface area (Å²) < 4.78 is 9.80. The molecule has 0 aliphatic heterocycles. The van der Waals surface area contributed by atoms with Gasteiger partial charge in [-0.1, -0.05) is 54.6 Å². The number of aromatic nitrogens is 2. The highest BCUT2D eigenvalue weighted by Gasteiger charge is 2.05. The van der Waals surface area contributed by atoms with Crippen molar-refractivity contribution in [2.24, 2.45) is 0 Å². The zero-order chi connectivity index (χ0) is 15.9. The number of hydrogen-bond donors (Lipinski definition) is 1. The molecule has 1 N–H and O–H groups in total. The van der Waals surface area contributed by atoms with Crippen molar-refractivity contribution in [3.05, 3.63) is 65.7 Å². The minimum absolute atomic E-state index is 0.668.